The Morgan fingerprint density at radius 2 is 1.79 bits per heavy atom. The lowest BCUT2D eigenvalue weighted by Gasteiger charge is -2.14. The quantitative estimate of drug-likeness (QED) is 0.489. The van der Waals surface area contributed by atoms with Gasteiger partial charge in [-0.25, -0.2) is 4.79 Å². The second kappa shape index (κ2) is 4.23. The first-order valence-electron chi connectivity index (χ1n) is 6.15. The van der Waals surface area contributed by atoms with Crippen molar-refractivity contribution in [1.82, 2.24) is 14.5 Å². The van der Waals surface area contributed by atoms with Crippen molar-refractivity contribution >= 4 is 5.96 Å². The Kier molecular flexibility index (Phi) is 2.67. The van der Waals surface area contributed by atoms with E-state index in [1.165, 1.54) is 11.6 Å². The SMILES string of the molecule is Cn1c(=O)c2c(n(C)c1=O)=NC(=[N+]1CCNCC1)N=2. The Labute approximate surface area is 108 Å². The molecule has 0 bridgehead atoms. The van der Waals surface area contributed by atoms with Crippen molar-refractivity contribution in [2.24, 2.45) is 24.1 Å². The molecule has 19 heavy (non-hydrogen) atoms. The molecule has 8 heteroatoms. The van der Waals surface area contributed by atoms with Gasteiger partial charge in [-0.15, -0.1) is 0 Å². The molecule has 0 radical (unpaired) electrons. The molecule has 0 aromatic carbocycles. The Hall–Kier alpha value is -2.09. The molecular weight excluding hydrogens is 248 g/mol. The molecule has 1 saturated heterocycles. The molecular formula is C11H15N6O2+. The highest BCUT2D eigenvalue weighted by atomic mass is 16.2. The van der Waals surface area contributed by atoms with Crippen LogP contribution in [0.2, 0.25) is 0 Å². The van der Waals surface area contributed by atoms with Crippen molar-refractivity contribution in [3.8, 4) is 0 Å². The molecule has 0 atom stereocenters. The highest BCUT2D eigenvalue weighted by molar-refractivity contribution is 5.78. The first-order chi connectivity index (χ1) is 9.09. The minimum Gasteiger partial charge on any atom is -0.310 e. The topological polar surface area (TPSA) is 83.8 Å². The maximum absolute atomic E-state index is 12.0. The molecule has 2 aliphatic rings. The van der Waals surface area contributed by atoms with Gasteiger partial charge in [0.1, 0.15) is 0 Å². The zero-order chi connectivity index (χ0) is 13.6. The van der Waals surface area contributed by atoms with Crippen LogP contribution in [0, 0.1) is 0 Å². The number of piperazine rings is 1. The van der Waals surface area contributed by atoms with E-state index in [1.54, 1.807) is 7.05 Å². The van der Waals surface area contributed by atoms with E-state index in [9.17, 15) is 9.59 Å². The normalized spacial score (nSPS) is 18.0. The van der Waals surface area contributed by atoms with Gasteiger partial charge in [-0.05, 0) is 4.99 Å². The molecule has 0 aliphatic carbocycles. The van der Waals surface area contributed by atoms with E-state index >= 15 is 0 Å². The lowest BCUT2D eigenvalue weighted by Crippen LogP contribution is -2.55. The van der Waals surface area contributed by atoms with Crippen LogP contribution in [0.1, 0.15) is 0 Å². The highest BCUT2D eigenvalue weighted by Crippen LogP contribution is 1.90. The van der Waals surface area contributed by atoms with Crippen molar-refractivity contribution in [2.75, 3.05) is 26.2 Å². The third-order valence-corrected chi connectivity index (χ3v) is 3.43. The van der Waals surface area contributed by atoms with Gasteiger partial charge in [-0.3, -0.25) is 18.5 Å². The van der Waals surface area contributed by atoms with Gasteiger partial charge in [0.15, 0.2) is 0 Å². The van der Waals surface area contributed by atoms with Crippen LogP contribution in [0.25, 0.3) is 0 Å². The predicted octanol–water partition coefficient (Wildman–Crippen LogP) is -3.69. The molecule has 1 N–H and O–H groups in total. The summed E-state index contributed by atoms with van der Waals surface area (Å²) in [6.07, 6.45) is 0. The number of fused-ring (bicyclic) bond motifs is 1. The molecule has 0 amide bonds. The number of rotatable bonds is 0. The predicted molar refractivity (Wildman–Crippen MR) is 67.1 cm³/mol. The second-order valence-corrected chi connectivity index (χ2v) is 4.64. The first kappa shape index (κ1) is 12.0. The monoisotopic (exact) mass is 263 g/mol. The number of nitrogens with zero attached hydrogens (tertiary/aromatic N) is 5. The molecule has 1 aromatic heterocycles. The van der Waals surface area contributed by atoms with Crippen LogP contribution in [0.5, 0.6) is 0 Å². The summed E-state index contributed by atoms with van der Waals surface area (Å²) in [5.74, 6) is 0.523. The summed E-state index contributed by atoms with van der Waals surface area (Å²) in [6.45, 7) is 3.32. The van der Waals surface area contributed by atoms with Crippen LogP contribution in [-0.4, -0.2) is 45.8 Å². The summed E-state index contributed by atoms with van der Waals surface area (Å²) < 4.78 is 4.42. The molecule has 0 spiro atoms. The maximum atomic E-state index is 12.0. The fourth-order valence-electron chi connectivity index (χ4n) is 2.27. The first-order valence-corrected chi connectivity index (χ1v) is 6.15. The zero-order valence-electron chi connectivity index (χ0n) is 10.9. The van der Waals surface area contributed by atoms with Crippen LogP contribution < -0.4 is 27.4 Å². The number of aromatic nitrogens is 2. The fourth-order valence-corrected chi connectivity index (χ4v) is 2.27. The van der Waals surface area contributed by atoms with E-state index in [-0.39, 0.29) is 11.0 Å². The largest absolute Gasteiger partial charge is 0.431 e. The average molecular weight is 263 g/mol. The summed E-state index contributed by atoms with van der Waals surface area (Å²) in [5, 5.41) is 3.49. The molecule has 3 heterocycles. The Morgan fingerprint density at radius 3 is 2.47 bits per heavy atom. The summed E-state index contributed by atoms with van der Waals surface area (Å²) in [4.78, 5) is 32.5. The van der Waals surface area contributed by atoms with E-state index in [1.807, 2.05) is 4.58 Å². The van der Waals surface area contributed by atoms with Crippen molar-refractivity contribution in [3.05, 3.63) is 31.7 Å². The Bertz CT molecular complexity index is 805. The van der Waals surface area contributed by atoms with Crippen molar-refractivity contribution in [2.45, 2.75) is 0 Å². The summed E-state index contributed by atoms with van der Waals surface area (Å²) in [6, 6.07) is 0. The smallest absolute Gasteiger partial charge is 0.310 e. The Balaban J connectivity index is 2.32. The van der Waals surface area contributed by atoms with Crippen LogP contribution in [0.4, 0.5) is 0 Å². The highest BCUT2D eigenvalue weighted by Gasteiger charge is 2.25. The zero-order valence-corrected chi connectivity index (χ0v) is 10.9. The van der Waals surface area contributed by atoms with Crippen LogP contribution in [-0.2, 0) is 14.1 Å². The van der Waals surface area contributed by atoms with Gasteiger partial charge in [-0.2, -0.15) is 0 Å². The van der Waals surface area contributed by atoms with Crippen molar-refractivity contribution in [3.63, 3.8) is 0 Å². The van der Waals surface area contributed by atoms with Gasteiger partial charge in [0.25, 0.3) is 10.8 Å². The summed E-state index contributed by atoms with van der Waals surface area (Å²) in [7, 11) is 3.05. The molecule has 1 fully saturated rings. The molecule has 2 aliphatic heterocycles. The molecule has 0 unspecified atom stereocenters. The molecule has 0 saturated carbocycles. The van der Waals surface area contributed by atoms with E-state index < -0.39 is 5.56 Å². The number of nitrogens with one attached hydrogen (secondary N) is 1. The van der Waals surface area contributed by atoms with Gasteiger partial charge >= 0.3 is 17.2 Å². The van der Waals surface area contributed by atoms with Crippen molar-refractivity contribution in [1.29, 1.82) is 0 Å². The number of hydrogen-bond acceptors (Lipinski definition) is 3. The lowest BCUT2D eigenvalue weighted by molar-refractivity contribution is -0.533. The lowest BCUT2D eigenvalue weighted by atomic mass is 10.4. The number of guanidine groups is 1. The van der Waals surface area contributed by atoms with Crippen LogP contribution >= 0.6 is 0 Å². The van der Waals surface area contributed by atoms with E-state index in [4.69, 9.17) is 0 Å². The van der Waals surface area contributed by atoms with Crippen LogP contribution in [0.15, 0.2) is 19.6 Å². The maximum Gasteiger partial charge on any atom is 0.431 e. The minimum absolute atomic E-state index is 0.248. The number of hydrogen-bond donors (Lipinski definition) is 1. The third-order valence-electron chi connectivity index (χ3n) is 3.43. The average Bonchev–Trinajstić information content (AvgIpc) is 2.89. The summed E-state index contributed by atoms with van der Waals surface area (Å²) >= 11 is 0. The standard InChI is InChI=1S/C11H15N6O2/c1-15-8-7(9(18)16(2)11(15)19)13-10(14-8)17-5-3-12-4-6-17/h12H,3-6H2,1-2H3/q+1. The van der Waals surface area contributed by atoms with Crippen LogP contribution in [0.3, 0.4) is 0 Å². The van der Waals surface area contributed by atoms with Gasteiger partial charge in [0.05, 0.1) is 13.1 Å². The van der Waals surface area contributed by atoms with Gasteiger partial charge in [-0.1, -0.05) is 4.99 Å². The molecule has 100 valence electrons. The second-order valence-electron chi connectivity index (χ2n) is 4.64. The van der Waals surface area contributed by atoms with Gasteiger partial charge < -0.3 is 5.32 Å². The van der Waals surface area contributed by atoms with E-state index in [0.717, 1.165) is 30.7 Å². The van der Waals surface area contributed by atoms with E-state index in [0.29, 0.717) is 11.4 Å². The minimum atomic E-state index is -0.396. The van der Waals surface area contributed by atoms with E-state index in [2.05, 4.69) is 15.3 Å². The summed E-state index contributed by atoms with van der Waals surface area (Å²) in [5.41, 5.74) is -0.433. The molecule has 8 nitrogen and oxygen atoms in total. The molecule has 1 aromatic rings. The fraction of sp³-hybridized carbons (Fsp3) is 0.545. The van der Waals surface area contributed by atoms with Gasteiger partial charge in [0.2, 0.25) is 0 Å². The third kappa shape index (κ3) is 1.75. The van der Waals surface area contributed by atoms with Gasteiger partial charge in [0, 0.05) is 27.2 Å². The Morgan fingerprint density at radius 1 is 1.11 bits per heavy atom. The molecule has 3 rings (SSSR count). The van der Waals surface area contributed by atoms with Crippen molar-refractivity contribution < 1.29 is 4.58 Å².